The molecule has 1 heterocycles. The number of furan rings is 1. The van der Waals surface area contributed by atoms with Crippen LogP contribution in [0.5, 0.6) is 0 Å². The third-order valence-corrected chi connectivity index (χ3v) is 4.49. The van der Waals surface area contributed by atoms with Crippen molar-refractivity contribution in [2.24, 2.45) is 0 Å². The molecule has 0 unspecified atom stereocenters. The average Bonchev–Trinajstić information content (AvgIpc) is 3.04. The fourth-order valence-corrected chi connectivity index (χ4v) is 2.84. The molecule has 0 spiro atoms. The van der Waals surface area contributed by atoms with Crippen LogP contribution in [0.3, 0.4) is 0 Å². The van der Waals surface area contributed by atoms with Crippen molar-refractivity contribution in [3.63, 3.8) is 0 Å². The fraction of sp³-hybridized carbons (Fsp3) is 0.227. The quantitative estimate of drug-likeness (QED) is 0.667. The zero-order chi connectivity index (χ0) is 18.5. The highest BCUT2D eigenvalue weighted by molar-refractivity contribution is 5.90. The highest BCUT2D eigenvalue weighted by Crippen LogP contribution is 2.20. The van der Waals surface area contributed by atoms with E-state index in [0.29, 0.717) is 13.1 Å². The lowest BCUT2D eigenvalue weighted by Gasteiger charge is -2.23. The van der Waals surface area contributed by atoms with Crippen LogP contribution >= 0.6 is 0 Å². The smallest absolute Gasteiger partial charge is 0.322 e. The summed E-state index contributed by atoms with van der Waals surface area (Å²) >= 11 is 0. The van der Waals surface area contributed by atoms with Gasteiger partial charge < -0.3 is 14.6 Å². The number of carbonyl (C=O) groups is 1. The minimum absolute atomic E-state index is 0.142. The topological polar surface area (TPSA) is 45.5 Å². The van der Waals surface area contributed by atoms with Crippen molar-refractivity contribution < 1.29 is 9.21 Å². The van der Waals surface area contributed by atoms with Gasteiger partial charge in [0.2, 0.25) is 0 Å². The third-order valence-electron chi connectivity index (χ3n) is 4.49. The molecule has 0 saturated heterocycles. The second-order valence-corrected chi connectivity index (χ2v) is 6.53. The first-order valence-corrected chi connectivity index (χ1v) is 8.74. The molecule has 3 rings (SSSR count). The van der Waals surface area contributed by atoms with Crippen LogP contribution in [-0.4, -0.2) is 10.9 Å². The van der Waals surface area contributed by atoms with Gasteiger partial charge in [0.1, 0.15) is 11.5 Å². The Morgan fingerprint density at radius 1 is 0.923 bits per heavy atom. The summed E-state index contributed by atoms with van der Waals surface area (Å²) in [5.41, 5.74) is 4.14. The minimum Gasteiger partial charge on any atom is -0.464 e. The predicted octanol–water partition coefficient (Wildman–Crippen LogP) is 5.44. The first-order valence-electron chi connectivity index (χ1n) is 8.74. The van der Waals surface area contributed by atoms with E-state index in [0.717, 1.165) is 33.9 Å². The highest BCUT2D eigenvalue weighted by Gasteiger charge is 2.17. The molecule has 0 atom stereocenters. The van der Waals surface area contributed by atoms with E-state index in [4.69, 9.17) is 4.42 Å². The Morgan fingerprint density at radius 2 is 1.69 bits per heavy atom. The molecule has 0 aliphatic rings. The standard InChI is InChI=1S/C22H24N2O2/c1-16-8-7-11-21(18(16)3)23-22(25)24(14-19-9-5-4-6-10-19)15-20-13-12-17(2)26-20/h4-13H,14-15H2,1-3H3,(H,23,25). The minimum atomic E-state index is -0.142. The number of nitrogens with one attached hydrogen (secondary N) is 1. The maximum absolute atomic E-state index is 13.0. The van der Waals surface area contributed by atoms with Crippen molar-refractivity contribution in [1.82, 2.24) is 4.90 Å². The van der Waals surface area contributed by atoms with Crippen LogP contribution in [0.4, 0.5) is 10.5 Å². The van der Waals surface area contributed by atoms with Crippen LogP contribution in [0.15, 0.2) is 65.1 Å². The summed E-state index contributed by atoms with van der Waals surface area (Å²) < 4.78 is 5.67. The predicted molar refractivity (Wildman–Crippen MR) is 104 cm³/mol. The van der Waals surface area contributed by atoms with Crippen molar-refractivity contribution in [2.75, 3.05) is 5.32 Å². The molecule has 1 N–H and O–H groups in total. The van der Waals surface area contributed by atoms with E-state index >= 15 is 0 Å². The van der Waals surface area contributed by atoms with Gasteiger partial charge in [0.25, 0.3) is 0 Å². The van der Waals surface area contributed by atoms with Gasteiger partial charge in [-0.3, -0.25) is 0 Å². The van der Waals surface area contributed by atoms with Crippen LogP contribution in [-0.2, 0) is 13.1 Å². The number of aryl methyl sites for hydroxylation is 2. The number of anilines is 1. The second-order valence-electron chi connectivity index (χ2n) is 6.53. The number of nitrogens with zero attached hydrogens (tertiary/aromatic N) is 1. The molecule has 0 aliphatic carbocycles. The van der Waals surface area contributed by atoms with Crippen molar-refractivity contribution in [2.45, 2.75) is 33.9 Å². The molecule has 4 nitrogen and oxygen atoms in total. The molecular weight excluding hydrogens is 324 g/mol. The van der Waals surface area contributed by atoms with Gasteiger partial charge in [-0.05, 0) is 55.7 Å². The van der Waals surface area contributed by atoms with Gasteiger partial charge in [-0.25, -0.2) is 4.79 Å². The maximum atomic E-state index is 13.0. The Labute approximate surface area is 154 Å². The molecule has 0 radical (unpaired) electrons. The van der Waals surface area contributed by atoms with Crippen LogP contribution < -0.4 is 5.32 Å². The van der Waals surface area contributed by atoms with E-state index in [2.05, 4.69) is 5.32 Å². The van der Waals surface area contributed by atoms with Crippen molar-refractivity contribution in [1.29, 1.82) is 0 Å². The van der Waals surface area contributed by atoms with Crippen LogP contribution in [0.25, 0.3) is 0 Å². The normalized spacial score (nSPS) is 10.6. The lowest BCUT2D eigenvalue weighted by Crippen LogP contribution is -2.34. The molecule has 2 amide bonds. The van der Waals surface area contributed by atoms with Gasteiger partial charge in [-0.15, -0.1) is 0 Å². The van der Waals surface area contributed by atoms with E-state index in [1.54, 1.807) is 4.90 Å². The Hall–Kier alpha value is -3.01. The van der Waals surface area contributed by atoms with Gasteiger partial charge in [-0.1, -0.05) is 42.5 Å². The van der Waals surface area contributed by atoms with E-state index in [1.165, 1.54) is 0 Å². The number of benzene rings is 2. The summed E-state index contributed by atoms with van der Waals surface area (Å²) in [6, 6.07) is 19.6. The van der Waals surface area contributed by atoms with Crippen molar-refractivity contribution in [3.8, 4) is 0 Å². The lowest BCUT2D eigenvalue weighted by molar-refractivity contribution is 0.201. The average molecular weight is 348 g/mol. The monoisotopic (exact) mass is 348 g/mol. The lowest BCUT2D eigenvalue weighted by atomic mass is 10.1. The fourth-order valence-electron chi connectivity index (χ4n) is 2.84. The number of rotatable bonds is 5. The third kappa shape index (κ3) is 4.33. The molecule has 0 aliphatic heterocycles. The summed E-state index contributed by atoms with van der Waals surface area (Å²) in [4.78, 5) is 14.7. The molecule has 1 aromatic heterocycles. The number of hydrogen-bond acceptors (Lipinski definition) is 2. The van der Waals surface area contributed by atoms with E-state index in [1.807, 2.05) is 81.4 Å². The van der Waals surface area contributed by atoms with E-state index < -0.39 is 0 Å². The summed E-state index contributed by atoms with van der Waals surface area (Å²) in [7, 11) is 0. The number of hydrogen-bond donors (Lipinski definition) is 1. The summed E-state index contributed by atoms with van der Waals surface area (Å²) in [6.45, 7) is 6.89. The Morgan fingerprint density at radius 3 is 2.38 bits per heavy atom. The maximum Gasteiger partial charge on any atom is 0.322 e. The second kappa shape index (κ2) is 7.91. The first-order chi connectivity index (χ1) is 12.5. The Bertz CT molecular complexity index is 884. The van der Waals surface area contributed by atoms with Gasteiger partial charge in [0.15, 0.2) is 0 Å². The molecule has 0 bridgehead atoms. The van der Waals surface area contributed by atoms with Crippen molar-refractivity contribution in [3.05, 3.63) is 88.9 Å². The molecule has 4 heteroatoms. The molecule has 2 aromatic carbocycles. The highest BCUT2D eigenvalue weighted by atomic mass is 16.3. The first kappa shape index (κ1) is 17.8. The number of carbonyl (C=O) groups excluding carboxylic acids is 1. The van der Waals surface area contributed by atoms with Crippen LogP contribution in [0.1, 0.15) is 28.2 Å². The molecule has 26 heavy (non-hydrogen) atoms. The molecule has 0 saturated carbocycles. The Kier molecular flexibility index (Phi) is 5.42. The molecular formula is C22H24N2O2. The molecule has 0 fully saturated rings. The van der Waals surface area contributed by atoms with Gasteiger partial charge >= 0.3 is 6.03 Å². The van der Waals surface area contributed by atoms with Crippen molar-refractivity contribution >= 4 is 11.7 Å². The van der Waals surface area contributed by atoms with Gasteiger partial charge in [0, 0.05) is 12.2 Å². The molecule has 134 valence electrons. The van der Waals surface area contributed by atoms with Crippen LogP contribution in [0.2, 0.25) is 0 Å². The Balaban J connectivity index is 1.81. The SMILES string of the molecule is Cc1ccc(CN(Cc2ccccc2)C(=O)Nc2cccc(C)c2C)o1. The summed E-state index contributed by atoms with van der Waals surface area (Å²) in [5.74, 6) is 1.61. The number of amides is 2. The summed E-state index contributed by atoms with van der Waals surface area (Å²) in [6.07, 6.45) is 0. The van der Waals surface area contributed by atoms with E-state index in [9.17, 15) is 4.79 Å². The zero-order valence-electron chi connectivity index (χ0n) is 15.5. The van der Waals surface area contributed by atoms with Gasteiger partial charge in [-0.2, -0.15) is 0 Å². The van der Waals surface area contributed by atoms with Crippen LogP contribution in [0, 0.1) is 20.8 Å². The van der Waals surface area contributed by atoms with E-state index in [-0.39, 0.29) is 6.03 Å². The number of urea groups is 1. The zero-order valence-corrected chi connectivity index (χ0v) is 15.5. The van der Waals surface area contributed by atoms with Gasteiger partial charge in [0.05, 0.1) is 6.54 Å². The molecule has 3 aromatic rings. The largest absolute Gasteiger partial charge is 0.464 e. The summed E-state index contributed by atoms with van der Waals surface area (Å²) in [5, 5.41) is 3.04.